The molecule has 0 saturated carbocycles. The van der Waals surface area contributed by atoms with Crippen LogP contribution in [0.4, 0.5) is 0 Å². The molecule has 0 fully saturated rings. The molecule has 0 aromatic carbocycles. The van der Waals surface area contributed by atoms with Crippen molar-refractivity contribution in [1.82, 2.24) is 36.9 Å². The van der Waals surface area contributed by atoms with Crippen LogP contribution in [-0.2, 0) is 19.5 Å². The van der Waals surface area contributed by atoms with E-state index in [4.69, 9.17) is 0 Å². The molecule has 0 rings (SSSR count). The van der Waals surface area contributed by atoms with Gasteiger partial charge in [0.15, 0.2) is 0 Å². The van der Waals surface area contributed by atoms with Crippen molar-refractivity contribution in [2.75, 3.05) is 0 Å². The summed E-state index contributed by atoms with van der Waals surface area (Å²) >= 11 is 0. The Morgan fingerprint density at radius 3 is 0.333 bits per heavy atom. The van der Waals surface area contributed by atoms with Gasteiger partial charge in [0, 0.05) is 0 Å². The summed E-state index contributed by atoms with van der Waals surface area (Å²) in [7, 11) is 0. The van der Waals surface area contributed by atoms with E-state index in [-0.39, 0.29) is 81.2 Å². The molecule has 18 N–H and O–H groups in total. The van der Waals surface area contributed by atoms with Crippen LogP contribution in [0.25, 0.3) is 0 Å². The van der Waals surface area contributed by atoms with Gasteiger partial charge in [-0.1, -0.05) is 0 Å². The largest absolute Gasteiger partial charge is 2.00 e. The number of hydrogen-bond acceptors (Lipinski definition) is 6. The summed E-state index contributed by atoms with van der Waals surface area (Å²) in [4.78, 5) is 0. The van der Waals surface area contributed by atoms with Crippen molar-refractivity contribution in [2.45, 2.75) is 0 Å². The molecule has 9 heavy (non-hydrogen) atoms. The van der Waals surface area contributed by atoms with Gasteiger partial charge in [-0.25, -0.2) is 0 Å². The average molecular weight is 274 g/mol. The third-order valence-corrected chi connectivity index (χ3v) is 0. The first-order valence-corrected chi connectivity index (χ1v) is 0. The summed E-state index contributed by atoms with van der Waals surface area (Å²) in [5, 5.41) is 0. The number of halogens is 2. The number of rotatable bonds is 0. The second-order valence-corrected chi connectivity index (χ2v) is 0. The second kappa shape index (κ2) is 612. The van der Waals surface area contributed by atoms with E-state index >= 15 is 0 Å². The molecule has 0 aromatic rings. The maximum absolute atomic E-state index is 0. The van der Waals surface area contributed by atoms with Crippen molar-refractivity contribution in [3.05, 3.63) is 0 Å². The van der Waals surface area contributed by atoms with E-state index in [1.165, 1.54) is 0 Å². The predicted octanol–water partition coefficient (Wildman–Crippen LogP) is -5.02. The molecular formula is H18Cl2N6Ru. The minimum absolute atomic E-state index is 0. The van der Waals surface area contributed by atoms with Crippen LogP contribution in [0.1, 0.15) is 0 Å². The van der Waals surface area contributed by atoms with Gasteiger partial charge >= 0.3 is 19.5 Å². The Hall–Kier alpha value is 0.963. The van der Waals surface area contributed by atoms with E-state index in [9.17, 15) is 0 Å². The summed E-state index contributed by atoms with van der Waals surface area (Å²) in [6.45, 7) is 0. The second-order valence-electron chi connectivity index (χ2n) is 0. The fraction of sp³-hybridized carbons (Fsp3) is 0. The summed E-state index contributed by atoms with van der Waals surface area (Å²) in [6, 6.07) is 0. The van der Waals surface area contributed by atoms with Crippen LogP contribution in [-0.4, -0.2) is 0 Å². The monoisotopic (exact) mass is 274 g/mol. The summed E-state index contributed by atoms with van der Waals surface area (Å²) in [5.41, 5.74) is 0. The molecule has 9 heteroatoms. The van der Waals surface area contributed by atoms with Crippen molar-refractivity contribution in [3.8, 4) is 0 Å². The molecule has 0 bridgehead atoms. The topological polar surface area (TPSA) is 210 Å². The van der Waals surface area contributed by atoms with Crippen LogP contribution in [0, 0.1) is 0 Å². The van der Waals surface area contributed by atoms with Crippen LogP contribution in [0.5, 0.6) is 0 Å². The zero-order valence-corrected chi connectivity index (χ0v) is 8.60. The first kappa shape index (κ1) is 862. The van der Waals surface area contributed by atoms with Crippen LogP contribution in [0.2, 0.25) is 0 Å². The molecule has 0 unspecified atom stereocenters. The fourth-order valence-corrected chi connectivity index (χ4v) is 0. The fourth-order valence-electron chi connectivity index (χ4n) is 0. The van der Waals surface area contributed by atoms with Gasteiger partial charge in [0.2, 0.25) is 0 Å². The minimum Gasteiger partial charge on any atom is -1.00 e. The maximum atomic E-state index is 0. The molecule has 0 spiro atoms. The van der Waals surface area contributed by atoms with E-state index in [2.05, 4.69) is 0 Å². The van der Waals surface area contributed by atoms with Crippen molar-refractivity contribution in [1.29, 1.82) is 0 Å². The summed E-state index contributed by atoms with van der Waals surface area (Å²) in [6.07, 6.45) is 0. The standard InChI is InChI=1S/2ClH.6H3N.Ru/h2*1H;6*1H3;/q;;;;;;;;+2/p-2. The predicted molar refractivity (Wildman–Crippen MR) is 30.1 cm³/mol. The van der Waals surface area contributed by atoms with Crippen LogP contribution < -0.4 is 61.7 Å². The van der Waals surface area contributed by atoms with Gasteiger partial charge in [0.25, 0.3) is 0 Å². The van der Waals surface area contributed by atoms with Gasteiger partial charge in [-0.15, -0.1) is 0 Å². The molecule has 0 aromatic heterocycles. The molecule has 6 nitrogen and oxygen atoms in total. The Morgan fingerprint density at radius 1 is 0.333 bits per heavy atom. The molecule has 0 saturated heterocycles. The average Bonchev–Trinajstić information content (AvgIpc) is 0. The normalized spacial score (nSPS) is 0. The molecule has 0 atom stereocenters. The third kappa shape index (κ3) is 468. The van der Waals surface area contributed by atoms with Crippen LogP contribution >= 0.6 is 0 Å². The molecule has 0 heterocycles. The van der Waals surface area contributed by atoms with E-state index < -0.39 is 0 Å². The third-order valence-electron chi connectivity index (χ3n) is 0. The summed E-state index contributed by atoms with van der Waals surface area (Å²) < 4.78 is 0. The van der Waals surface area contributed by atoms with Gasteiger partial charge in [0.05, 0.1) is 0 Å². The van der Waals surface area contributed by atoms with Gasteiger partial charge in [-0.3, -0.25) is 0 Å². The van der Waals surface area contributed by atoms with Crippen molar-refractivity contribution >= 4 is 0 Å². The molecule has 0 aliphatic carbocycles. The quantitative estimate of drug-likeness (QED) is 0.238. The smallest absolute Gasteiger partial charge is 1.00 e. The van der Waals surface area contributed by atoms with Crippen molar-refractivity contribution < 1.29 is 44.3 Å². The van der Waals surface area contributed by atoms with Crippen molar-refractivity contribution in [3.63, 3.8) is 0 Å². The Kier molecular flexibility index (Phi) is 58700. The Balaban J connectivity index is 0. The molecular weight excluding hydrogens is 256 g/mol. The maximum Gasteiger partial charge on any atom is 2.00 e. The van der Waals surface area contributed by atoms with Crippen molar-refractivity contribution in [2.24, 2.45) is 0 Å². The van der Waals surface area contributed by atoms with Gasteiger partial charge in [-0.05, 0) is 0 Å². The van der Waals surface area contributed by atoms with E-state index in [0.29, 0.717) is 0 Å². The Labute approximate surface area is 81.4 Å². The van der Waals surface area contributed by atoms with Gasteiger partial charge in [0.1, 0.15) is 0 Å². The zero-order valence-electron chi connectivity index (χ0n) is 5.35. The molecule has 0 amide bonds. The SMILES string of the molecule is N.N.N.N.N.N.[Cl-].[Cl-].[Ru+2]. The van der Waals surface area contributed by atoms with E-state index in [1.54, 1.807) is 0 Å². The molecule has 0 aliphatic heterocycles. The molecule has 70 valence electrons. The number of hydrogen-bond donors (Lipinski definition) is 6. The van der Waals surface area contributed by atoms with Gasteiger partial charge < -0.3 is 61.7 Å². The Bertz CT molecular complexity index is 11.0. The van der Waals surface area contributed by atoms with E-state index in [0.717, 1.165) is 0 Å². The molecule has 0 radical (unpaired) electrons. The van der Waals surface area contributed by atoms with E-state index in [1.807, 2.05) is 0 Å². The molecule has 0 aliphatic rings. The zero-order chi connectivity index (χ0) is 0. The first-order valence-electron chi connectivity index (χ1n) is 0. The Morgan fingerprint density at radius 2 is 0.333 bits per heavy atom. The van der Waals surface area contributed by atoms with Gasteiger partial charge in [-0.2, -0.15) is 0 Å². The van der Waals surface area contributed by atoms with Crippen LogP contribution in [0.3, 0.4) is 0 Å². The first-order chi connectivity index (χ1) is 0. The summed E-state index contributed by atoms with van der Waals surface area (Å²) in [5.74, 6) is 0. The van der Waals surface area contributed by atoms with Crippen LogP contribution in [0.15, 0.2) is 0 Å². The minimum atomic E-state index is 0.